The van der Waals surface area contributed by atoms with E-state index in [4.69, 9.17) is 0 Å². The molecule has 0 amide bonds. The molecule has 18 heavy (non-hydrogen) atoms. The third-order valence-electron chi connectivity index (χ3n) is 4.45. The average molecular weight is 241 g/mol. The van der Waals surface area contributed by atoms with Crippen LogP contribution in [0.1, 0.15) is 44.1 Å². The predicted molar refractivity (Wildman–Crippen MR) is 77.5 cm³/mol. The SMILES string of the molecule is C(=C1CCN(C2CCCC2)CC1)c1ccccc1. The van der Waals surface area contributed by atoms with E-state index in [2.05, 4.69) is 41.3 Å². The zero-order valence-corrected chi connectivity index (χ0v) is 11.1. The molecular weight excluding hydrogens is 218 g/mol. The van der Waals surface area contributed by atoms with Gasteiger partial charge in [-0.3, -0.25) is 4.90 Å². The molecule has 1 aromatic carbocycles. The highest BCUT2D eigenvalue weighted by atomic mass is 15.2. The van der Waals surface area contributed by atoms with Gasteiger partial charge in [-0.05, 0) is 31.2 Å². The Balaban J connectivity index is 1.58. The summed E-state index contributed by atoms with van der Waals surface area (Å²) in [7, 11) is 0. The van der Waals surface area contributed by atoms with Gasteiger partial charge in [-0.1, -0.05) is 54.8 Å². The summed E-state index contributed by atoms with van der Waals surface area (Å²) in [4.78, 5) is 2.73. The van der Waals surface area contributed by atoms with Crippen LogP contribution in [0.2, 0.25) is 0 Å². The predicted octanol–water partition coefficient (Wildman–Crippen LogP) is 4.11. The van der Waals surface area contributed by atoms with Crippen molar-refractivity contribution in [2.45, 2.75) is 44.6 Å². The molecule has 0 radical (unpaired) electrons. The van der Waals surface area contributed by atoms with Gasteiger partial charge in [0, 0.05) is 19.1 Å². The number of hydrogen-bond acceptors (Lipinski definition) is 1. The maximum absolute atomic E-state index is 2.73. The Hall–Kier alpha value is -1.08. The van der Waals surface area contributed by atoms with Gasteiger partial charge in [-0.2, -0.15) is 0 Å². The fraction of sp³-hybridized carbons (Fsp3) is 0.529. The van der Waals surface area contributed by atoms with Crippen LogP contribution in [0.15, 0.2) is 35.9 Å². The van der Waals surface area contributed by atoms with E-state index in [1.807, 2.05) is 0 Å². The van der Waals surface area contributed by atoms with Crippen LogP contribution in [-0.2, 0) is 0 Å². The van der Waals surface area contributed by atoms with Crippen molar-refractivity contribution in [2.75, 3.05) is 13.1 Å². The standard InChI is InChI=1S/C17H23N/c1-2-6-15(7-3-1)14-16-10-12-18(13-11-16)17-8-4-5-9-17/h1-3,6-7,14,17H,4-5,8-13H2. The second-order valence-electron chi connectivity index (χ2n) is 5.69. The minimum atomic E-state index is 0.906. The molecule has 1 nitrogen and oxygen atoms in total. The minimum absolute atomic E-state index is 0.906. The van der Waals surface area contributed by atoms with Crippen LogP contribution in [0.5, 0.6) is 0 Å². The fourth-order valence-electron chi connectivity index (χ4n) is 3.38. The smallest absolute Gasteiger partial charge is 0.00955 e. The first kappa shape index (κ1) is 12.0. The lowest BCUT2D eigenvalue weighted by molar-refractivity contribution is 0.186. The number of piperidine rings is 1. The van der Waals surface area contributed by atoms with Crippen molar-refractivity contribution >= 4 is 6.08 Å². The molecule has 2 fully saturated rings. The summed E-state index contributed by atoms with van der Waals surface area (Å²) in [6, 6.07) is 11.7. The largest absolute Gasteiger partial charge is 0.300 e. The lowest BCUT2D eigenvalue weighted by Gasteiger charge is -2.33. The van der Waals surface area contributed by atoms with Gasteiger partial charge < -0.3 is 0 Å². The summed E-state index contributed by atoms with van der Waals surface area (Å²) in [6.07, 6.45) is 10.7. The molecular formula is C17H23N. The number of likely N-dealkylation sites (tertiary alicyclic amines) is 1. The monoisotopic (exact) mass is 241 g/mol. The van der Waals surface area contributed by atoms with E-state index in [0.717, 1.165) is 6.04 Å². The van der Waals surface area contributed by atoms with E-state index in [1.54, 1.807) is 5.57 Å². The molecule has 1 aliphatic carbocycles. The number of benzene rings is 1. The summed E-state index contributed by atoms with van der Waals surface area (Å²) < 4.78 is 0. The van der Waals surface area contributed by atoms with Crippen molar-refractivity contribution in [3.05, 3.63) is 41.5 Å². The Labute approximate surface area is 111 Å². The summed E-state index contributed by atoms with van der Waals surface area (Å²) in [6.45, 7) is 2.56. The lowest BCUT2D eigenvalue weighted by Crippen LogP contribution is -2.38. The molecule has 0 atom stereocenters. The maximum Gasteiger partial charge on any atom is 0.00955 e. The van der Waals surface area contributed by atoms with Crippen molar-refractivity contribution in [2.24, 2.45) is 0 Å². The molecule has 1 saturated heterocycles. The van der Waals surface area contributed by atoms with Gasteiger partial charge in [0.2, 0.25) is 0 Å². The molecule has 1 heteroatoms. The zero-order chi connectivity index (χ0) is 12.2. The van der Waals surface area contributed by atoms with Crippen LogP contribution in [-0.4, -0.2) is 24.0 Å². The minimum Gasteiger partial charge on any atom is -0.300 e. The van der Waals surface area contributed by atoms with Gasteiger partial charge in [-0.25, -0.2) is 0 Å². The van der Waals surface area contributed by atoms with Gasteiger partial charge in [0.25, 0.3) is 0 Å². The first-order valence-corrected chi connectivity index (χ1v) is 7.40. The summed E-state index contributed by atoms with van der Waals surface area (Å²) in [5, 5.41) is 0. The molecule has 3 rings (SSSR count). The van der Waals surface area contributed by atoms with Gasteiger partial charge in [0.1, 0.15) is 0 Å². The summed E-state index contributed by atoms with van der Waals surface area (Å²) in [5.74, 6) is 0. The average Bonchev–Trinajstić information content (AvgIpc) is 2.95. The normalized spacial score (nSPS) is 22.3. The van der Waals surface area contributed by atoms with E-state index in [1.165, 1.54) is 57.2 Å². The number of hydrogen-bond donors (Lipinski definition) is 0. The van der Waals surface area contributed by atoms with Crippen LogP contribution in [0.25, 0.3) is 6.08 Å². The molecule has 1 heterocycles. The first-order chi connectivity index (χ1) is 8.92. The summed E-state index contributed by atoms with van der Waals surface area (Å²) >= 11 is 0. The van der Waals surface area contributed by atoms with Crippen molar-refractivity contribution in [3.63, 3.8) is 0 Å². The quantitative estimate of drug-likeness (QED) is 0.753. The zero-order valence-electron chi connectivity index (χ0n) is 11.1. The Morgan fingerprint density at radius 1 is 0.944 bits per heavy atom. The van der Waals surface area contributed by atoms with E-state index >= 15 is 0 Å². The molecule has 0 spiro atoms. The highest BCUT2D eigenvalue weighted by molar-refractivity contribution is 5.52. The second-order valence-corrected chi connectivity index (χ2v) is 5.69. The van der Waals surface area contributed by atoms with Gasteiger partial charge in [0.05, 0.1) is 0 Å². The van der Waals surface area contributed by atoms with E-state index in [0.29, 0.717) is 0 Å². The first-order valence-electron chi connectivity index (χ1n) is 7.40. The van der Waals surface area contributed by atoms with Crippen LogP contribution in [0.3, 0.4) is 0 Å². The Morgan fingerprint density at radius 3 is 2.28 bits per heavy atom. The van der Waals surface area contributed by atoms with E-state index in [-0.39, 0.29) is 0 Å². The van der Waals surface area contributed by atoms with Crippen LogP contribution in [0, 0.1) is 0 Å². The number of nitrogens with zero attached hydrogens (tertiary/aromatic N) is 1. The lowest BCUT2D eigenvalue weighted by atomic mass is 9.99. The molecule has 0 bridgehead atoms. The van der Waals surface area contributed by atoms with Gasteiger partial charge in [0.15, 0.2) is 0 Å². The Kier molecular flexibility index (Phi) is 3.80. The Bertz CT molecular complexity index is 391. The highest BCUT2D eigenvalue weighted by Crippen LogP contribution is 2.28. The van der Waals surface area contributed by atoms with Gasteiger partial charge in [-0.15, -0.1) is 0 Å². The van der Waals surface area contributed by atoms with E-state index in [9.17, 15) is 0 Å². The topological polar surface area (TPSA) is 3.24 Å². The number of rotatable bonds is 2. The third-order valence-corrected chi connectivity index (χ3v) is 4.45. The fourth-order valence-corrected chi connectivity index (χ4v) is 3.38. The van der Waals surface area contributed by atoms with Crippen molar-refractivity contribution in [3.8, 4) is 0 Å². The highest BCUT2D eigenvalue weighted by Gasteiger charge is 2.24. The molecule has 96 valence electrons. The molecule has 2 aliphatic rings. The van der Waals surface area contributed by atoms with Crippen molar-refractivity contribution < 1.29 is 0 Å². The molecule has 1 saturated carbocycles. The van der Waals surface area contributed by atoms with Crippen LogP contribution in [0.4, 0.5) is 0 Å². The van der Waals surface area contributed by atoms with Gasteiger partial charge >= 0.3 is 0 Å². The van der Waals surface area contributed by atoms with Crippen molar-refractivity contribution in [1.29, 1.82) is 0 Å². The third kappa shape index (κ3) is 2.84. The molecule has 1 aliphatic heterocycles. The van der Waals surface area contributed by atoms with Crippen LogP contribution >= 0.6 is 0 Å². The molecule has 1 aromatic rings. The summed E-state index contributed by atoms with van der Waals surface area (Å²) in [5.41, 5.74) is 3.00. The van der Waals surface area contributed by atoms with Crippen molar-refractivity contribution in [1.82, 2.24) is 4.90 Å². The van der Waals surface area contributed by atoms with Crippen LogP contribution < -0.4 is 0 Å². The second kappa shape index (κ2) is 5.71. The molecule has 0 unspecified atom stereocenters. The Morgan fingerprint density at radius 2 is 1.61 bits per heavy atom. The van der Waals surface area contributed by atoms with E-state index < -0.39 is 0 Å². The maximum atomic E-state index is 2.73. The molecule has 0 aromatic heterocycles. The molecule has 0 N–H and O–H groups in total.